The molecule has 0 aromatic heterocycles. The molecule has 1 atom stereocenters. The average molecular weight is 573 g/mol. The molecule has 1 unspecified atom stereocenters. The highest BCUT2D eigenvalue weighted by Crippen LogP contribution is 2.36. The summed E-state index contributed by atoms with van der Waals surface area (Å²) in [6, 6.07) is 30.3. The first kappa shape index (κ1) is 32.6. The van der Waals surface area contributed by atoms with Crippen LogP contribution in [0.25, 0.3) is 11.1 Å². The smallest absolute Gasteiger partial charge is 0.223 e. The topological polar surface area (TPSA) is 41.6 Å². The Morgan fingerprint density at radius 1 is 0.707 bits per heavy atom. The van der Waals surface area contributed by atoms with E-state index in [1.165, 1.54) is 72.8 Å². The molecular weight excluding hydrogens is 523 g/mol. The molecule has 0 aliphatic rings. The lowest BCUT2D eigenvalue weighted by Crippen LogP contribution is -2.25. The highest BCUT2D eigenvalue weighted by atomic mass is 31.0. The van der Waals surface area contributed by atoms with Gasteiger partial charge in [0.2, 0.25) is 5.91 Å². The van der Waals surface area contributed by atoms with Crippen LogP contribution in [0.15, 0.2) is 84.9 Å². The molecule has 0 saturated heterocycles. The van der Waals surface area contributed by atoms with E-state index in [0.717, 1.165) is 31.7 Å². The van der Waals surface area contributed by atoms with Crippen molar-refractivity contribution in [1.82, 2.24) is 10.2 Å². The summed E-state index contributed by atoms with van der Waals surface area (Å²) in [4.78, 5) is 13.4. The van der Waals surface area contributed by atoms with E-state index in [-0.39, 0.29) is 5.91 Å². The second-order valence-corrected chi connectivity index (χ2v) is 11.3. The van der Waals surface area contributed by atoms with Crippen molar-refractivity contribution in [3.8, 4) is 5.75 Å². The Morgan fingerprint density at radius 2 is 1.24 bits per heavy atom. The predicted octanol–water partition coefficient (Wildman–Crippen LogP) is 8.09. The molecule has 41 heavy (non-hydrogen) atoms. The monoisotopic (exact) mass is 572 g/mol. The van der Waals surface area contributed by atoms with Gasteiger partial charge < -0.3 is 15.0 Å². The summed E-state index contributed by atoms with van der Waals surface area (Å²) in [5, 5.41) is 2.95. The van der Waals surface area contributed by atoms with Gasteiger partial charge in [0, 0.05) is 19.3 Å². The Bertz CT molecular complexity index is 1160. The summed E-state index contributed by atoms with van der Waals surface area (Å²) in [5.41, 5.74) is 6.49. The van der Waals surface area contributed by atoms with Gasteiger partial charge >= 0.3 is 0 Å². The van der Waals surface area contributed by atoms with Crippen LogP contribution in [0.4, 0.5) is 0 Å². The van der Waals surface area contributed by atoms with E-state index in [4.69, 9.17) is 4.74 Å². The average Bonchev–Trinajstić information content (AvgIpc) is 3.00. The molecule has 0 spiro atoms. The number of nitrogens with zero attached hydrogens (tertiary/aromatic N) is 1. The van der Waals surface area contributed by atoms with Gasteiger partial charge in [0.05, 0.1) is 0 Å². The number of allylic oxidation sites excluding steroid dienone is 1. The van der Waals surface area contributed by atoms with Gasteiger partial charge in [-0.3, -0.25) is 4.79 Å². The Hall–Kier alpha value is -2.94. The fraction of sp³-hybridized carbons (Fsp3) is 0.417. The summed E-state index contributed by atoms with van der Waals surface area (Å²) in [5.74, 6) is 1.03. The summed E-state index contributed by atoms with van der Waals surface area (Å²) in [6.07, 6.45) is 11.3. The van der Waals surface area contributed by atoms with E-state index in [9.17, 15) is 4.79 Å². The molecule has 5 heteroatoms. The van der Waals surface area contributed by atoms with Crippen molar-refractivity contribution >= 4 is 26.3 Å². The highest BCUT2D eigenvalue weighted by molar-refractivity contribution is 7.18. The van der Waals surface area contributed by atoms with E-state index in [1.807, 2.05) is 0 Å². The number of nitrogens with one attached hydrogen (secondary N) is 1. The number of ether oxygens (including phenoxy) is 1. The Balaban J connectivity index is 1.65. The van der Waals surface area contributed by atoms with Crippen LogP contribution in [0, 0.1) is 0 Å². The van der Waals surface area contributed by atoms with Gasteiger partial charge in [0.25, 0.3) is 0 Å². The Morgan fingerprint density at radius 3 is 1.83 bits per heavy atom. The first-order valence-electron chi connectivity index (χ1n) is 15.3. The quantitative estimate of drug-likeness (QED) is 0.0897. The summed E-state index contributed by atoms with van der Waals surface area (Å²) in [6.45, 7) is 2.38. The van der Waals surface area contributed by atoms with Gasteiger partial charge in [-0.1, -0.05) is 111 Å². The third-order valence-corrected chi connectivity index (χ3v) is 7.67. The minimum Gasteiger partial charge on any atom is -0.492 e. The summed E-state index contributed by atoms with van der Waals surface area (Å²) in [7, 11) is 6.60. The highest BCUT2D eigenvalue weighted by Gasteiger charge is 2.14. The maximum absolute atomic E-state index is 11.3. The van der Waals surface area contributed by atoms with Gasteiger partial charge in [0.1, 0.15) is 12.4 Å². The maximum Gasteiger partial charge on any atom is 0.223 e. The summed E-state index contributed by atoms with van der Waals surface area (Å²) >= 11 is 0. The molecule has 220 valence electrons. The molecule has 0 heterocycles. The number of rotatable bonds is 19. The van der Waals surface area contributed by atoms with Crippen LogP contribution < -0.4 is 10.1 Å². The lowest BCUT2D eigenvalue weighted by molar-refractivity contribution is -0.118. The number of unbranched alkanes of at least 4 members (excludes halogenated alkanes) is 7. The largest absolute Gasteiger partial charge is 0.492 e. The van der Waals surface area contributed by atoms with Crippen molar-refractivity contribution in [2.24, 2.45) is 0 Å². The fourth-order valence-corrected chi connectivity index (χ4v) is 5.17. The molecule has 0 aliphatic carbocycles. The number of likely N-dealkylation sites (N-methyl/N-ethyl adjacent to an activating group) is 1. The van der Waals surface area contributed by atoms with Crippen LogP contribution in [0.1, 0.15) is 74.5 Å². The van der Waals surface area contributed by atoms with E-state index in [0.29, 0.717) is 12.8 Å². The van der Waals surface area contributed by atoms with Gasteiger partial charge in [-0.2, -0.15) is 0 Å². The lowest BCUT2D eigenvalue weighted by Gasteiger charge is -2.18. The zero-order chi connectivity index (χ0) is 29.1. The van der Waals surface area contributed by atoms with E-state index >= 15 is 0 Å². The third kappa shape index (κ3) is 12.2. The lowest BCUT2D eigenvalue weighted by atomic mass is 9.86. The molecule has 3 rings (SSSR count). The Labute approximate surface area is 250 Å². The second-order valence-electron chi connectivity index (χ2n) is 10.9. The van der Waals surface area contributed by atoms with Gasteiger partial charge in [0.15, 0.2) is 0 Å². The normalized spacial score (nSPS) is 11.8. The molecule has 0 aliphatic heterocycles. The summed E-state index contributed by atoms with van der Waals surface area (Å²) < 4.78 is 5.98. The van der Waals surface area contributed by atoms with Crippen LogP contribution in [0.3, 0.4) is 0 Å². The molecule has 1 amide bonds. The predicted molar refractivity (Wildman–Crippen MR) is 178 cm³/mol. The Kier molecular flexibility index (Phi) is 15.3. The van der Waals surface area contributed by atoms with Crippen LogP contribution in [0.5, 0.6) is 5.75 Å². The number of hydrogen-bond acceptors (Lipinski definition) is 3. The minimum atomic E-state index is 0.121. The number of amides is 1. The molecule has 0 fully saturated rings. The molecule has 1 N–H and O–H groups in total. The van der Waals surface area contributed by atoms with E-state index in [1.54, 1.807) is 0 Å². The van der Waals surface area contributed by atoms with Crippen molar-refractivity contribution < 1.29 is 9.53 Å². The molecule has 4 nitrogen and oxygen atoms in total. The van der Waals surface area contributed by atoms with Crippen molar-refractivity contribution in [3.05, 3.63) is 102 Å². The maximum atomic E-state index is 11.3. The number of carbonyl (C=O) groups excluding carboxylic acids is 1. The molecule has 3 aromatic rings. The minimum absolute atomic E-state index is 0.121. The van der Waals surface area contributed by atoms with Crippen LogP contribution >= 0.6 is 9.24 Å². The fourth-order valence-electron chi connectivity index (χ4n) is 5.02. The molecule has 0 saturated carbocycles. The van der Waals surface area contributed by atoms with Crippen molar-refractivity contribution in [3.63, 3.8) is 0 Å². The molecular formula is C36H49N2O2P. The number of hydrogen-bond donors (Lipinski definition) is 1. The number of carbonyl (C=O) groups is 1. The zero-order valence-electron chi connectivity index (χ0n) is 25.1. The van der Waals surface area contributed by atoms with E-state index < -0.39 is 0 Å². The second kappa shape index (κ2) is 19.2. The van der Waals surface area contributed by atoms with Crippen LogP contribution in [-0.2, 0) is 4.79 Å². The molecule has 3 aromatic carbocycles. The number of benzene rings is 3. The van der Waals surface area contributed by atoms with Gasteiger partial charge in [-0.25, -0.2) is 0 Å². The van der Waals surface area contributed by atoms with Crippen molar-refractivity contribution in [1.29, 1.82) is 0 Å². The van der Waals surface area contributed by atoms with Crippen LogP contribution in [0.2, 0.25) is 0 Å². The first-order valence-corrected chi connectivity index (χ1v) is 16.1. The molecule has 0 radical (unpaired) electrons. The SMILES string of the molecule is CN(C)CCOc1ccc(/C(=C(/CCCCCCCCCCNC(=O)CP)c2ccccc2)c2ccccc2)cc1. The third-order valence-electron chi connectivity index (χ3n) is 7.30. The first-order chi connectivity index (χ1) is 20.1. The van der Waals surface area contributed by atoms with Crippen LogP contribution in [-0.4, -0.2) is 50.8 Å². The van der Waals surface area contributed by atoms with Gasteiger partial charge in [-0.05, 0) is 73.3 Å². The standard InChI is InChI=1S/C36H49N2O2P/c1-38(2)27-28-40-33-24-22-32(23-25-33)36(31-19-13-10-14-20-31)34(30-17-11-9-12-18-30)21-15-7-5-3-4-6-8-16-26-37-35(39)29-41/h9-14,17-20,22-25H,3-8,15-16,21,26-29,41H2,1-2H3,(H,37,39)/b36-34-. The van der Waals surface area contributed by atoms with E-state index in [2.05, 4.69) is 118 Å². The van der Waals surface area contributed by atoms with Crippen molar-refractivity contribution in [2.75, 3.05) is 40.0 Å². The zero-order valence-corrected chi connectivity index (χ0v) is 26.3. The van der Waals surface area contributed by atoms with Crippen molar-refractivity contribution in [2.45, 2.75) is 57.8 Å². The molecule has 0 bridgehead atoms. The van der Waals surface area contributed by atoms with Gasteiger partial charge in [-0.15, -0.1) is 9.24 Å².